The van der Waals surface area contributed by atoms with Crippen LogP contribution in [0, 0.1) is 0 Å². The minimum Gasteiger partial charge on any atom is -0.508 e. The summed E-state index contributed by atoms with van der Waals surface area (Å²) in [6, 6.07) is 5.32. The zero-order valence-electron chi connectivity index (χ0n) is 8.67. The van der Waals surface area contributed by atoms with Crippen LogP contribution in [0.3, 0.4) is 0 Å². The first-order valence-corrected chi connectivity index (χ1v) is 5.29. The van der Waals surface area contributed by atoms with Crippen molar-refractivity contribution in [1.82, 2.24) is 0 Å². The minimum absolute atomic E-state index is 0.186. The zero-order chi connectivity index (χ0) is 10.8. The highest BCUT2D eigenvalue weighted by molar-refractivity contribution is 9.10. The van der Waals surface area contributed by atoms with E-state index in [-0.39, 0.29) is 11.4 Å². The van der Waals surface area contributed by atoms with Gasteiger partial charge >= 0.3 is 0 Å². The highest BCUT2D eigenvalue weighted by atomic mass is 79.9. The molecule has 1 rings (SSSR count). The monoisotopic (exact) mass is 258 g/mol. The average molecular weight is 259 g/mol. The fourth-order valence-electron chi connectivity index (χ4n) is 0.964. The van der Waals surface area contributed by atoms with Gasteiger partial charge in [0, 0.05) is 10.0 Å². The molecule has 0 saturated carbocycles. The Morgan fingerprint density at radius 3 is 2.57 bits per heavy atom. The van der Waals surface area contributed by atoms with E-state index in [9.17, 15) is 5.11 Å². The molecule has 0 spiro atoms. The maximum absolute atomic E-state index is 9.53. The molecule has 3 heteroatoms. The van der Waals surface area contributed by atoms with Gasteiger partial charge in [0.25, 0.3) is 0 Å². The quantitative estimate of drug-likeness (QED) is 0.881. The summed E-state index contributed by atoms with van der Waals surface area (Å²) >= 11 is 3.35. The maximum Gasteiger partial charge on any atom is 0.121 e. The standard InChI is InChI=1S/C11H15BrO2/c1-11(2,3)14-7-8-6-9(12)4-5-10(8)13/h4-6,13H,7H2,1-3H3. The lowest BCUT2D eigenvalue weighted by molar-refractivity contribution is -0.0156. The third kappa shape index (κ3) is 3.68. The summed E-state index contributed by atoms with van der Waals surface area (Å²) in [5.74, 6) is 0.275. The Balaban J connectivity index is 2.72. The van der Waals surface area contributed by atoms with Crippen LogP contribution in [0.5, 0.6) is 5.75 Å². The lowest BCUT2D eigenvalue weighted by Gasteiger charge is -2.19. The molecule has 0 bridgehead atoms. The molecule has 0 aliphatic heterocycles. The van der Waals surface area contributed by atoms with E-state index in [4.69, 9.17) is 4.74 Å². The number of hydrogen-bond acceptors (Lipinski definition) is 2. The van der Waals surface area contributed by atoms with Crippen LogP contribution in [0.4, 0.5) is 0 Å². The Bertz CT molecular complexity index is 316. The van der Waals surface area contributed by atoms with Crippen molar-refractivity contribution in [3.8, 4) is 5.75 Å². The summed E-state index contributed by atoms with van der Waals surface area (Å²) in [6.45, 7) is 6.39. The van der Waals surface area contributed by atoms with Crippen LogP contribution < -0.4 is 0 Å². The van der Waals surface area contributed by atoms with Gasteiger partial charge in [-0.2, -0.15) is 0 Å². The summed E-state index contributed by atoms with van der Waals surface area (Å²) in [5, 5.41) is 9.53. The molecular formula is C11H15BrO2. The van der Waals surface area contributed by atoms with Gasteiger partial charge in [-0.15, -0.1) is 0 Å². The highest BCUT2D eigenvalue weighted by Gasteiger charge is 2.11. The zero-order valence-corrected chi connectivity index (χ0v) is 10.3. The van der Waals surface area contributed by atoms with Crippen LogP contribution in [-0.2, 0) is 11.3 Å². The van der Waals surface area contributed by atoms with Crippen LogP contribution in [0.2, 0.25) is 0 Å². The second-order valence-electron chi connectivity index (χ2n) is 4.17. The van der Waals surface area contributed by atoms with Crippen LogP contribution >= 0.6 is 15.9 Å². The molecule has 14 heavy (non-hydrogen) atoms. The smallest absolute Gasteiger partial charge is 0.121 e. The number of phenolic OH excluding ortho intramolecular Hbond substituents is 1. The van der Waals surface area contributed by atoms with Crippen LogP contribution in [0.1, 0.15) is 26.3 Å². The van der Waals surface area contributed by atoms with Gasteiger partial charge < -0.3 is 9.84 Å². The van der Waals surface area contributed by atoms with E-state index in [0.29, 0.717) is 6.61 Å². The van der Waals surface area contributed by atoms with Crippen molar-refractivity contribution in [3.05, 3.63) is 28.2 Å². The molecule has 78 valence electrons. The van der Waals surface area contributed by atoms with Gasteiger partial charge in [0.2, 0.25) is 0 Å². The largest absolute Gasteiger partial charge is 0.508 e. The van der Waals surface area contributed by atoms with Crippen LogP contribution in [-0.4, -0.2) is 10.7 Å². The molecule has 0 aromatic heterocycles. The van der Waals surface area contributed by atoms with E-state index in [2.05, 4.69) is 15.9 Å². The molecule has 0 saturated heterocycles. The van der Waals surface area contributed by atoms with E-state index in [0.717, 1.165) is 10.0 Å². The SMILES string of the molecule is CC(C)(C)OCc1cc(Br)ccc1O. The normalized spacial score (nSPS) is 11.7. The summed E-state index contributed by atoms with van der Waals surface area (Å²) in [4.78, 5) is 0. The fraction of sp³-hybridized carbons (Fsp3) is 0.455. The summed E-state index contributed by atoms with van der Waals surface area (Å²) in [6.07, 6.45) is 0. The molecule has 0 unspecified atom stereocenters. The van der Waals surface area contributed by atoms with Gasteiger partial charge in [-0.25, -0.2) is 0 Å². The van der Waals surface area contributed by atoms with E-state index >= 15 is 0 Å². The first-order chi connectivity index (χ1) is 6.38. The second kappa shape index (κ2) is 4.32. The minimum atomic E-state index is -0.186. The number of rotatable bonds is 2. The Labute approximate surface area is 93.0 Å². The number of hydrogen-bond donors (Lipinski definition) is 1. The second-order valence-corrected chi connectivity index (χ2v) is 5.09. The van der Waals surface area contributed by atoms with E-state index in [1.54, 1.807) is 12.1 Å². The molecule has 0 aliphatic carbocycles. The van der Waals surface area contributed by atoms with Gasteiger partial charge in [0.05, 0.1) is 12.2 Å². The van der Waals surface area contributed by atoms with Gasteiger partial charge in [-0.05, 0) is 39.0 Å². The molecule has 0 fully saturated rings. The lowest BCUT2D eigenvalue weighted by Crippen LogP contribution is -2.18. The molecular weight excluding hydrogens is 244 g/mol. The van der Waals surface area contributed by atoms with Crippen molar-refractivity contribution in [2.75, 3.05) is 0 Å². The lowest BCUT2D eigenvalue weighted by atomic mass is 10.1. The maximum atomic E-state index is 9.53. The molecule has 2 nitrogen and oxygen atoms in total. The van der Waals surface area contributed by atoms with Crippen molar-refractivity contribution in [2.24, 2.45) is 0 Å². The Morgan fingerprint density at radius 2 is 2.00 bits per heavy atom. The van der Waals surface area contributed by atoms with Crippen molar-refractivity contribution >= 4 is 15.9 Å². The van der Waals surface area contributed by atoms with Gasteiger partial charge in [0.15, 0.2) is 0 Å². The van der Waals surface area contributed by atoms with Crippen molar-refractivity contribution in [3.63, 3.8) is 0 Å². The fourth-order valence-corrected chi connectivity index (χ4v) is 1.37. The number of benzene rings is 1. The van der Waals surface area contributed by atoms with Crippen molar-refractivity contribution < 1.29 is 9.84 Å². The van der Waals surface area contributed by atoms with Crippen LogP contribution in [0.25, 0.3) is 0 Å². The first-order valence-electron chi connectivity index (χ1n) is 4.50. The average Bonchev–Trinajstić information content (AvgIpc) is 2.05. The number of ether oxygens (including phenoxy) is 1. The summed E-state index contributed by atoms with van der Waals surface area (Å²) in [7, 11) is 0. The molecule has 1 aromatic rings. The molecule has 1 N–H and O–H groups in total. The molecule has 0 atom stereocenters. The number of phenols is 1. The topological polar surface area (TPSA) is 29.5 Å². The number of aromatic hydroxyl groups is 1. The van der Waals surface area contributed by atoms with Gasteiger partial charge in [-0.3, -0.25) is 0 Å². The van der Waals surface area contributed by atoms with Crippen LogP contribution in [0.15, 0.2) is 22.7 Å². The third-order valence-corrected chi connectivity index (χ3v) is 2.20. The Morgan fingerprint density at radius 1 is 1.36 bits per heavy atom. The Hall–Kier alpha value is -0.540. The summed E-state index contributed by atoms with van der Waals surface area (Å²) < 4.78 is 6.52. The predicted octanol–water partition coefficient (Wildman–Crippen LogP) is 3.47. The molecule has 0 aliphatic rings. The van der Waals surface area contributed by atoms with E-state index < -0.39 is 0 Å². The van der Waals surface area contributed by atoms with Gasteiger partial charge in [0.1, 0.15) is 5.75 Å². The number of halogens is 1. The first kappa shape index (κ1) is 11.5. The molecule has 1 aromatic carbocycles. The van der Waals surface area contributed by atoms with E-state index in [1.807, 2.05) is 26.8 Å². The molecule has 0 heterocycles. The predicted molar refractivity (Wildman–Crippen MR) is 60.3 cm³/mol. The summed E-state index contributed by atoms with van der Waals surface area (Å²) in [5.41, 5.74) is 0.615. The highest BCUT2D eigenvalue weighted by Crippen LogP contribution is 2.24. The molecule has 0 amide bonds. The van der Waals surface area contributed by atoms with Gasteiger partial charge in [-0.1, -0.05) is 15.9 Å². The third-order valence-electron chi connectivity index (χ3n) is 1.70. The molecule has 0 radical (unpaired) electrons. The van der Waals surface area contributed by atoms with Crippen molar-refractivity contribution in [1.29, 1.82) is 0 Å². The van der Waals surface area contributed by atoms with Crippen molar-refractivity contribution in [2.45, 2.75) is 33.0 Å². The van der Waals surface area contributed by atoms with E-state index in [1.165, 1.54) is 0 Å². The Kier molecular flexibility index (Phi) is 3.56.